The first-order valence-electron chi connectivity index (χ1n) is 8.11. The van der Waals surface area contributed by atoms with Crippen molar-refractivity contribution in [2.24, 2.45) is 5.10 Å². The summed E-state index contributed by atoms with van der Waals surface area (Å²) in [6.45, 7) is 0. The summed E-state index contributed by atoms with van der Waals surface area (Å²) < 4.78 is 11.2. The van der Waals surface area contributed by atoms with Crippen LogP contribution in [0.3, 0.4) is 0 Å². The maximum Gasteiger partial charge on any atom is 0.240 e. The van der Waals surface area contributed by atoms with Gasteiger partial charge in [0.1, 0.15) is 0 Å². The molecule has 0 aliphatic heterocycles. The van der Waals surface area contributed by atoms with Gasteiger partial charge < -0.3 is 14.8 Å². The van der Waals surface area contributed by atoms with Gasteiger partial charge in [0.2, 0.25) is 11.8 Å². The SMILES string of the molecule is COc1cc(Br)c(C=NNC(=O)CCC(=O)Nc2ccccc2)cc1OC. The van der Waals surface area contributed by atoms with E-state index in [-0.39, 0.29) is 24.7 Å². The van der Waals surface area contributed by atoms with Crippen molar-refractivity contribution in [3.05, 3.63) is 52.5 Å². The predicted octanol–water partition coefficient (Wildman–Crippen LogP) is 3.34. The minimum atomic E-state index is -0.355. The number of nitrogens with zero attached hydrogens (tertiary/aromatic N) is 1. The molecule has 0 unspecified atom stereocenters. The van der Waals surface area contributed by atoms with E-state index in [2.05, 4.69) is 31.8 Å². The number of hydrogen-bond donors (Lipinski definition) is 2. The molecule has 0 heterocycles. The van der Waals surface area contributed by atoms with Crippen LogP contribution in [0.5, 0.6) is 11.5 Å². The second-order valence-corrected chi connectivity index (χ2v) is 6.29. The van der Waals surface area contributed by atoms with E-state index in [0.717, 1.165) is 4.47 Å². The normalized spacial score (nSPS) is 10.5. The molecule has 0 aromatic heterocycles. The highest BCUT2D eigenvalue weighted by Gasteiger charge is 2.09. The molecule has 2 rings (SSSR count). The van der Waals surface area contributed by atoms with E-state index in [1.54, 1.807) is 31.4 Å². The highest BCUT2D eigenvalue weighted by molar-refractivity contribution is 9.10. The minimum absolute atomic E-state index is 0.0309. The van der Waals surface area contributed by atoms with Gasteiger partial charge in [-0.3, -0.25) is 9.59 Å². The van der Waals surface area contributed by atoms with Crippen LogP contribution < -0.4 is 20.2 Å². The van der Waals surface area contributed by atoms with E-state index in [1.165, 1.54) is 13.3 Å². The number of anilines is 1. The van der Waals surface area contributed by atoms with Crippen LogP contribution in [-0.4, -0.2) is 32.2 Å². The maximum absolute atomic E-state index is 11.8. The molecule has 2 N–H and O–H groups in total. The van der Waals surface area contributed by atoms with Gasteiger partial charge in [0.15, 0.2) is 11.5 Å². The lowest BCUT2D eigenvalue weighted by Crippen LogP contribution is -2.20. The van der Waals surface area contributed by atoms with Crippen molar-refractivity contribution in [1.82, 2.24) is 5.43 Å². The van der Waals surface area contributed by atoms with Crippen LogP contribution >= 0.6 is 15.9 Å². The summed E-state index contributed by atoms with van der Waals surface area (Å²) in [5.41, 5.74) is 3.80. The Morgan fingerprint density at radius 2 is 1.67 bits per heavy atom. The number of carbonyl (C=O) groups is 2. The molecule has 0 saturated carbocycles. The van der Waals surface area contributed by atoms with Crippen LogP contribution in [0.15, 0.2) is 52.0 Å². The third kappa shape index (κ3) is 6.41. The van der Waals surface area contributed by atoms with Crippen molar-refractivity contribution in [1.29, 1.82) is 0 Å². The first-order chi connectivity index (χ1) is 13.0. The van der Waals surface area contributed by atoms with Gasteiger partial charge >= 0.3 is 0 Å². The molecule has 0 bridgehead atoms. The molecule has 8 heteroatoms. The zero-order valence-corrected chi connectivity index (χ0v) is 16.6. The molecule has 2 aromatic carbocycles. The first-order valence-corrected chi connectivity index (χ1v) is 8.91. The van der Waals surface area contributed by atoms with Crippen LogP contribution in [0.2, 0.25) is 0 Å². The number of rotatable bonds is 8. The summed E-state index contributed by atoms with van der Waals surface area (Å²) in [7, 11) is 3.08. The van der Waals surface area contributed by atoms with Gasteiger partial charge in [-0.1, -0.05) is 18.2 Å². The Labute approximate surface area is 165 Å². The Bertz CT molecular complexity index is 825. The molecule has 27 heavy (non-hydrogen) atoms. The molecule has 7 nitrogen and oxygen atoms in total. The highest BCUT2D eigenvalue weighted by atomic mass is 79.9. The molecule has 142 valence electrons. The number of benzene rings is 2. The van der Waals surface area contributed by atoms with Gasteiger partial charge in [-0.05, 0) is 40.2 Å². The van der Waals surface area contributed by atoms with E-state index >= 15 is 0 Å². The highest BCUT2D eigenvalue weighted by Crippen LogP contribution is 2.32. The van der Waals surface area contributed by atoms with E-state index in [4.69, 9.17) is 9.47 Å². The second-order valence-electron chi connectivity index (χ2n) is 5.44. The van der Waals surface area contributed by atoms with Gasteiger partial charge in [0.25, 0.3) is 0 Å². The third-order valence-electron chi connectivity index (χ3n) is 3.53. The Kier molecular flexibility index (Phi) is 7.81. The average molecular weight is 434 g/mol. The summed E-state index contributed by atoms with van der Waals surface area (Å²) in [4.78, 5) is 23.7. The fourth-order valence-corrected chi connectivity index (χ4v) is 2.60. The van der Waals surface area contributed by atoms with Crippen molar-refractivity contribution < 1.29 is 19.1 Å². The number of carbonyl (C=O) groups excluding carboxylic acids is 2. The van der Waals surface area contributed by atoms with E-state index in [0.29, 0.717) is 22.7 Å². The summed E-state index contributed by atoms with van der Waals surface area (Å²) in [5.74, 6) is 0.537. The summed E-state index contributed by atoms with van der Waals surface area (Å²) in [5, 5.41) is 6.63. The standard InChI is InChI=1S/C19H20BrN3O4/c1-26-16-10-13(15(20)11-17(16)27-2)12-21-23-19(25)9-8-18(24)22-14-6-4-3-5-7-14/h3-7,10-12H,8-9H2,1-2H3,(H,22,24)(H,23,25). The molecule has 0 atom stereocenters. The largest absolute Gasteiger partial charge is 0.493 e. The van der Waals surface area contributed by atoms with Crippen molar-refractivity contribution in [2.45, 2.75) is 12.8 Å². The number of ether oxygens (including phenoxy) is 2. The van der Waals surface area contributed by atoms with Crippen LogP contribution in [0.25, 0.3) is 0 Å². The van der Waals surface area contributed by atoms with Crippen LogP contribution in [0, 0.1) is 0 Å². The number of amides is 2. The average Bonchev–Trinajstić information content (AvgIpc) is 2.68. The molecule has 0 fully saturated rings. The predicted molar refractivity (Wildman–Crippen MR) is 107 cm³/mol. The molecule has 2 amide bonds. The first kappa shape index (κ1) is 20.4. The molecule has 0 aliphatic carbocycles. The van der Waals surface area contributed by atoms with Gasteiger partial charge in [-0.15, -0.1) is 0 Å². The van der Waals surface area contributed by atoms with Crippen LogP contribution in [0.4, 0.5) is 5.69 Å². The van der Waals surface area contributed by atoms with Gasteiger partial charge in [-0.2, -0.15) is 5.10 Å². The van der Waals surface area contributed by atoms with Crippen LogP contribution in [-0.2, 0) is 9.59 Å². The lowest BCUT2D eigenvalue weighted by Gasteiger charge is -2.09. The summed E-state index contributed by atoms with van der Waals surface area (Å²) in [6, 6.07) is 12.5. The number of methoxy groups -OCH3 is 2. The zero-order valence-electron chi connectivity index (χ0n) is 15.0. The fraction of sp³-hybridized carbons (Fsp3) is 0.211. The number of hydrogen-bond acceptors (Lipinski definition) is 5. The molecule has 0 radical (unpaired) electrons. The Balaban J connectivity index is 1.83. The van der Waals surface area contributed by atoms with E-state index in [9.17, 15) is 9.59 Å². The molecular weight excluding hydrogens is 414 g/mol. The summed E-state index contributed by atoms with van der Waals surface area (Å²) in [6.07, 6.45) is 1.58. The maximum atomic E-state index is 11.8. The van der Waals surface area contributed by atoms with E-state index in [1.807, 2.05) is 18.2 Å². The molecule has 0 aliphatic rings. The van der Waals surface area contributed by atoms with Gasteiger partial charge in [-0.25, -0.2) is 5.43 Å². The Hall–Kier alpha value is -2.87. The molecular formula is C19H20BrN3O4. The van der Waals surface area contributed by atoms with Crippen LogP contribution in [0.1, 0.15) is 18.4 Å². The van der Waals surface area contributed by atoms with Crippen molar-refractivity contribution in [2.75, 3.05) is 19.5 Å². The Morgan fingerprint density at radius 3 is 2.33 bits per heavy atom. The zero-order chi connectivity index (χ0) is 19.6. The van der Waals surface area contributed by atoms with E-state index < -0.39 is 0 Å². The smallest absolute Gasteiger partial charge is 0.240 e. The fourth-order valence-electron chi connectivity index (χ4n) is 2.17. The monoisotopic (exact) mass is 433 g/mol. The quantitative estimate of drug-likeness (QED) is 0.493. The number of nitrogens with one attached hydrogen (secondary N) is 2. The van der Waals surface area contributed by atoms with Crippen molar-refractivity contribution in [3.8, 4) is 11.5 Å². The lowest BCUT2D eigenvalue weighted by atomic mass is 10.2. The third-order valence-corrected chi connectivity index (χ3v) is 4.22. The topological polar surface area (TPSA) is 89.0 Å². The van der Waals surface area contributed by atoms with Crippen molar-refractivity contribution in [3.63, 3.8) is 0 Å². The minimum Gasteiger partial charge on any atom is -0.493 e. The van der Waals surface area contributed by atoms with Gasteiger partial charge in [0, 0.05) is 28.6 Å². The second kappa shape index (κ2) is 10.3. The molecule has 2 aromatic rings. The van der Waals surface area contributed by atoms with Crippen molar-refractivity contribution >= 4 is 39.6 Å². The molecule has 0 saturated heterocycles. The lowest BCUT2D eigenvalue weighted by molar-refractivity contribution is -0.124. The molecule has 0 spiro atoms. The summed E-state index contributed by atoms with van der Waals surface area (Å²) >= 11 is 3.41. The number of halogens is 1. The number of hydrazone groups is 1. The van der Waals surface area contributed by atoms with Gasteiger partial charge in [0.05, 0.1) is 20.4 Å². The number of para-hydroxylation sites is 1. The Morgan fingerprint density at radius 1 is 1.04 bits per heavy atom.